The van der Waals surface area contributed by atoms with Crippen LogP contribution >= 0.6 is 0 Å². The van der Waals surface area contributed by atoms with Gasteiger partial charge >= 0.3 is 0 Å². The van der Waals surface area contributed by atoms with E-state index in [9.17, 15) is 0 Å². The first-order valence-electron chi connectivity index (χ1n) is 8.75. The molecule has 1 saturated heterocycles. The number of aromatic nitrogens is 2. The van der Waals surface area contributed by atoms with Crippen molar-refractivity contribution >= 4 is 6.08 Å². The molecule has 128 valence electrons. The zero-order chi connectivity index (χ0) is 16.8. The predicted octanol–water partition coefficient (Wildman–Crippen LogP) is 3.42. The van der Waals surface area contributed by atoms with Gasteiger partial charge in [-0.25, -0.2) is 0 Å². The molecule has 1 aliphatic heterocycles. The number of hydrogen-bond acceptors (Lipinski definition) is 3. The summed E-state index contributed by atoms with van der Waals surface area (Å²) in [5.41, 5.74) is 3.65. The van der Waals surface area contributed by atoms with Crippen molar-refractivity contribution in [1.82, 2.24) is 14.7 Å². The normalized spacial score (nSPS) is 18.0. The molecule has 0 spiro atoms. The second-order valence-corrected chi connectivity index (χ2v) is 6.56. The van der Waals surface area contributed by atoms with E-state index in [4.69, 9.17) is 4.74 Å². The van der Waals surface area contributed by atoms with Crippen LogP contribution in [0, 0.1) is 6.92 Å². The molecule has 4 heteroatoms. The lowest BCUT2D eigenvalue weighted by molar-refractivity contribution is 0.0746. The van der Waals surface area contributed by atoms with Gasteiger partial charge in [-0.15, -0.1) is 0 Å². The Labute approximate surface area is 144 Å². The highest BCUT2D eigenvalue weighted by Gasteiger charge is 2.19. The van der Waals surface area contributed by atoms with Crippen LogP contribution in [0.1, 0.15) is 29.7 Å². The van der Waals surface area contributed by atoms with Crippen LogP contribution in [-0.2, 0) is 18.3 Å². The summed E-state index contributed by atoms with van der Waals surface area (Å²) in [7, 11) is 1.98. The quantitative estimate of drug-likeness (QED) is 0.781. The molecule has 4 nitrogen and oxygen atoms in total. The summed E-state index contributed by atoms with van der Waals surface area (Å²) < 4.78 is 7.73. The molecule has 0 N–H and O–H groups in total. The van der Waals surface area contributed by atoms with Crippen molar-refractivity contribution in [2.45, 2.75) is 32.4 Å². The van der Waals surface area contributed by atoms with Crippen molar-refractivity contribution in [2.75, 3.05) is 19.7 Å². The van der Waals surface area contributed by atoms with Crippen molar-refractivity contribution in [3.05, 3.63) is 59.4 Å². The standard InChI is InChI=1S/C20H27N3O/c1-17-19(14-22(2)21-17)15-23(16-20-11-7-13-24-20)12-6-10-18-8-4-3-5-9-18/h3-6,8-10,14,20H,7,11-13,15-16H2,1-2H3/b10-6+. The van der Waals surface area contributed by atoms with Gasteiger partial charge in [0.15, 0.2) is 0 Å². The van der Waals surface area contributed by atoms with E-state index in [1.807, 2.05) is 17.8 Å². The lowest BCUT2D eigenvalue weighted by Crippen LogP contribution is -2.32. The summed E-state index contributed by atoms with van der Waals surface area (Å²) in [6.07, 6.45) is 9.29. The zero-order valence-corrected chi connectivity index (χ0v) is 14.7. The van der Waals surface area contributed by atoms with Crippen LogP contribution in [0.15, 0.2) is 42.6 Å². The molecule has 1 atom stereocenters. The number of rotatable bonds is 7. The molecule has 0 amide bonds. The van der Waals surface area contributed by atoms with E-state index in [2.05, 4.69) is 59.5 Å². The van der Waals surface area contributed by atoms with Gasteiger partial charge in [0, 0.05) is 45.0 Å². The van der Waals surface area contributed by atoms with Crippen LogP contribution in [0.2, 0.25) is 0 Å². The third-order valence-electron chi connectivity index (χ3n) is 4.47. The molecule has 2 heterocycles. The molecule has 1 unspecified atom stereocenters. The van der Waals surface area contributed by atoms with Crippen molar-refractivity contribution in [2.24, 2.45) is 7.05 Å². The first-order chi connectivity index (χ1) is 11.7. The molecule has 2 aromatic rings. The average molecular weight is 325 g/mol. The maximum absolute atomic E-state index is 5.83. The second kappa shape index (κ2) is 8.27. The van der Waals surface area contributed by atoms with E-state index < -0.39 is 0 Å². The van der Waals surface area contributed by atoms with Crippen molar-refractivity contribution in [3.63, 3.8) is 0 Å². The van der Waals surface area contributed by atoms with Crippen LogP contribution in [0.25, 0.3) is 6.08 Å². The van der Waals surface area contributed by atoms with Crippen LogP contribution < -0.4 is 0 Å². The fraction of sp³-hybridized carbons (Fsp3) is 0.450. The Balaban J connectivity index is 1.64. The predicted molar refractivity (Wildman–Crippen MR) is 97.7 cm³/mol. The highest BCUT2D eigenvalue weighted by Crippen LogP contribution is 2.16. The molecule has 1 aromatic heterocycles. The van der Waals surface area contributed by atoms with Gasteiger partial charge in [0.1, 0.15) is 0 Å². The minimum atomic E-state index is 0.368. The van der Waals surface area contributed by atoms with E-state index in [1.165, 1.54) is 24.0 Å². The maximum Gasteiger partial charge on any atom is 0.0703 e. The fourth-order valence-electron chi connectivity index (χ4n) is 3.23. The Hall–Kier alpha value is -1.91. The van der Waals surface area contributed by atoms with Gasteiger partial charge in [-0.3, -0.25) is 9.58 Å². The van der Waals surface area contributed by atoms with Gasteiger partial charge in [-0.05, 0) is 25.3 Å². The maximum atomic E-state index is 5.83. The van der Waals surface area contributed by atoms with E-state index in [0.717, 1.165) is 31.9 Å². The van der Waals surface area contributed by atoms with Crippen molar-refractivity contribution < 1.29 is 4.74 Å². The molecule has 0 saturated carbocycles. The fourth-order valence-corrected chi connectivity index (χ4v) is 3.23. The van der Waals surface area contributed by atoms with E-state index in [1.54, 1.807) is 0 Å². The second-order valence-electron chi connectivity index (χ2n) is 6.56. The highest BCUT2D eigenvalue weighted by atomic mass is 16.5. The Morgan fingerprint density at radius 2 is 2.17 bits per heavy atom. The number of benzene rings is 1. The number of nitrogens with zero attached hydrogens (tertiary/aromatic N) is 3. The third kappa shape index (κ3) is 4.79. The van der Waals surface area contributed by atoms with Crippen LogP contribution in [0.3, 0.4) is 0 Å². The largest absolute Gasteiger partial charge is 0.377 e. The van der Waals surface area contributed by atoms with Crippen molar-refractivity contribution in [1.29, 1.82) is 0 Å². The molecule has 0 radical (unpaired) electrons. The van der Waals surface area contributed by atoms with Gasteiger partial charge in [-0.2, -0.15) is 5.10 Å². The topological polar surface area (TPSA) is 30.3 Å². The molecule has 3 rings (SSSR count). The Morgan fingerprint density at radius 1 is 1.33 bits per heavy atom. The molecule has 0 aliphatic carbocycles. The number of hydrogen-bond donors (Lipinski definition) is 0. The summed E-state index contributed by atoms with van der Waals surface area (Å²) in [5.74, 6) is 0. The van der Waals surface area contributed by atoms with E-state index in [0.29, 0.717) is 6.10 Å². The molecular weight excluding hydrogens is 298 g/mol. The lowest BCUT2D eigenvalue weighted by Gasteiger charge is -2.23. The van der Waals surface area contributed by atoms with Crippen LogP contribution in [0.4, 0.5) is 0 Å². The van der Waals surface area contributed by atoms with Gasteiger partial charge in [0.2, 0.25) is 0 Å². The summed E-state index contributed by atoms with van der Waals surface area (Å²) >= 11 is 0. The van der Waals surface area contributed by atoms with Gasteiger partial charge in [-0.1, -0.05) is 42.5 Å². The Morgan fingerprint density at radius 3 is 2.83 bits per heavy atom. The summed E-state index contributed by atoms with van der Waals surface area (Å²) in [6.45, 7) is 5.80. The summed E-state index contributed by atoms with van der Waals surface area (Å²) in [5, 5.41) is 4.46. The SMILES string of the molecule is Cc1nn(C)cc1CN(C/C=C/c1ccccc1)CC1CCCO1. The van der Waals surface area contributed by atoms with Gasteiger partial charge < -0.3 is 4.74 Å². The van der Waals surface area contributed by atoms with E-state index >= 15 is 0 Å². The molecule has 0 bridgehead atoms. The highest BCUT2D eigenvalue weighted by molar-refractivity contribution is 5.48. The molecule has 1 fully saturated rings. The van der Waals surface area contributed by atoms with Crippen LogP contribution in [-0.4, -0.2) is 40.5 Å². The van der Waals surface area contributed by atoms with Crippen molar-refractivity contribution in [3.8, 4) is 0 Å². The molecule has 24 heavy (non-hydrogen) atoms. The van der Waals surface area contributed by atoms with Crippen LogP contribution in [0.5, 0.6) is 0 Å². The zero-order valence-electron chi connectivity index (χ0n) is 14.7. The van der Waals surface area contributed by atoms with Gasteiger partial charge in [0.05, 0.1) is 11.8 Å². The molecular formula is C20H27N3O. The molecule has 1 aliphatic rings. The molecule has 1 aromatic carbocycles. The summed E-state index contributed by atoms with van der Waals surface area (Å²) in [4.78, 5) is 2.46. The summed E-state index contributed by atoms with van der Waals surface area (Å²) in [6, 6.07) is 10.5. The number of ether oxygens (including phenoxy) is 1. The third-order valence-corrected chi connectivity index (χ3v) is 4.47. The first kappa shape index (κ1) is 16.9. The average Bonchev–Trinajstić information content (AvgIpc) is 3.18. The van der Waals surface area contributed by atoms with E-state index in [-0.39, 0.29) is 0 Å². The number of aryl methyl sites for hydroxylation is 2. The monoisotopic (exact) mass is 325 g/mol. The lowest BCUT2D eigenvalue weighted by atomic mass is 10.2. The minimum absolute atomic E-state index is 0.368. The van der Waals surface area contributed by atoms with Gasteiger partial charge in [0.25, 0.3) is 0 Å². The minimum Gasteiger partial charge on any atom is -0.377 e. The Bertz CT molecular complexity index is 657. The smallest absolute Gasteiger partial charge is 0.0703 e. The Kier molecular flexibility index (Phi) is 5.83. The first-order valence-corrected chi connectivity index (χ1v) is 8.75.